The van der Waals surface area contributed by atoms with Gasteiger partial charge >= 0.3 is 0 Å². The van der Waals surface area contributed by atoms with Crippen LogP contribution < -0.4 is 10.4 Å². The van der Waals surface area contributed by atoms with Crippen LogP contribution in [0.4, 0.5) is 5.69 Å². The van der Waals surface area contributed by atoms with Gasteiger partial charge in [0.15, 0.2) is 0 Å². The van der Waals surface area contributed by atoms with E-state index in [1.165, 1.54) is 62.6 Å². The lowest BCUT2D eigenvalue weighted by molar-refractivity contribution is -0.255. The largest absolute Gasteiger partial charge is 0.545 e. The van der Waals surface area contributed by atoms with Gasteiger partial charge in [0.1, 0.15) is 0 Å². The predicted octanol–water partition coefficient (Wildman–Crippen LogP) is 0.553. The Morgan fingerprint density at radius 1 is 1.00 bits per heavy atom. The third-order valence-corrected chi connectivity index (χ3v) is 5.04. The number of carbonyl (C=O) groups excluding carboxylic acids is 2. The summed E-state index contributed by atoms with van der Waals surface area (Å²) in [5.41, 5.74) is 0.330. The highest BCUT2D eigenvalue weighted by Crippen LogP contribution is 2.17. The maximum absolute atomic E-state index is 12.3. The quantitative estimate of drug-likeness (QED) is 0.850. The van der Waals surface area contributed by atoms with E-state index in [0.717, 1.165) is 4.31 Å². The van der Waals surface area contributed by atoms with Gasteiger partial charge in [-0.1, -0.05) is 18.2 Å². The Labute approximate surface area is 139 Å². The summed E-state index contributed by atoms with van der Waals surface area (Å²) >= 11 is 0. The molecule has 0 fully saturated rings. The van der Waals surface area contributed by atoms with Gasteiger partial charge in [-0.05, 0) is 35.9 Å². The number of carboxylic acids is 1. The number of carboxylic acid groups (broad SMARTS) is 1. The highest BCUT2D eigenvalue weighted by molar-refractivity contribution is 7.89. The van der Waals surface area contributed by atoms with Crippen LogP contribution in [0.15, 0.2) is 53.4 Å². The molecule has 2 aromatic carbocycles. The molecule has 24 heavy (non-hydrogen) atoms. The number of carbonyl (C=O) groups is 2. The van der Waals surface area contributed by atoms with Gasteiger partial charge in [0.2, 0.25) is 10.0 Å². The molecule has 0 bridgehead atoms. The van der Waals surface area contributed by atoms with Gasteiger partial charge in [-0.3, -0.25) is 4.79 Å². The lowest BCUT2D eigenvalue weighted by Gasteiger charge is -2.12. The van der Waals surface area contributed by atoms with Crippen LogP contribution in [0.1, 0.15) is 20.7 Å². The Balaban J connectivity index is 2.28. The molecule has 0 aromatic heterocycles. The molecule has 0 saturated heterocycles. The van der Waals surface area contributed by atoms with Gasteiger partial charge in [0.25, 0.3) is 5.91 Å². The summed E-state index contributed by atoms with van der Waals surface area (Å²) in [7, 11) is -0.864. The van der Waals surface area contributed by atoms with Crippen molar-refractivity contribution in [1.29, 1.82) is 0 Å². The monoisotopic (exact) mass is 347 g/mol. The fourth-order valence-electron chi connectivity index (χ4n) is 1.94. The second kappa shape index (κ2) is 6.81. The molecular formula is C16H15N2O5S-. The van der Waals surface area contributed by atoms with Gasteiger partial charge in [-0.2, -0.15) is 0 Å². The van der Waals surface area contributed by atoms with E-state index in [4.69, 9.17) is 0 Å². The van der Waals surface area contributed by atoms with Crippen LogP contribution in [0.5, 0.6) is 0 Å². The van der Waals surface area contributed by atoms with Crippen LogP contribution >= 0.6 is 0 Å². The average Bonchev–Trinajstić information content (AvgIpc) is 2.55. The van der Waals surface area contributed by atoms with Crippen LogP contribution in [0.25, 0.3) is 0 Å². The molecule has 0 spiro atoms. The maximum Gasteiger partial charge on any atom is 0.255 e. The first-order valence-corrected chi connectivity index (χ1v) is 8.31. The molecule has 0 aliphatic rings. The second-order valence-corrected chi connectivity index (χ2v) is 7.29. The van der Waals surface area contributed by atoms with Gasteiger partial charge in [-0.15, -0.1) is 0 Å². The number of nitrogens with zero attached hydrogens (tertiary/aromatic N) is 1. The van der Waals surface area contributed by atoms with Gasteiger partial charge < -0.3 is 15.2 Å². The smallest absolute Gasteiger partial charge is 0.255 e. The first kappa shape index (κ1) is 17.6. The summed E-state index contributed by atoms with van der Waals surface area (Å²) in [6.07, 6.45) is 0. The number of hydrogen-bond acceptors (Lipinski definition) is 5. The molecule has 0 aliphatic heterocycles. The predicted molar refractivity (Wildman–Crippen MR) is 86.0 cm³/mol. The van der Waals surface area contributed by atoms with Crippen molar-refractivity contribution in [3.63, 3.8) is 0 Å². The zero-order valence-corrected chi connectivity index (χ0v) is 13.8. The first-order chi connectivity index (χ1) is 11.2. The molecule has 0 radical (unpaired) electrons. The minimum absolute atomic E-state index is 0.0105. The Bertz CT molecular complexity index is 891. The van der Waals surface area contributed by atoms with E-state index in [1.54, 1.807) is 0 Å². The molecule has 0 unspecified atom stereocenters. The number of nitrogens with one attached hydrogen (secondary N) is 1. The zero-order valence-electron chi connectivity index (χ0n) is 13.0. The number of sulfonamides is 1. The summed E-state index contributed by atoms with van der Waals surface area (Å²) in [5, 5.41) is 13.4. The molecule has 2 rings (SSSR count). The van der Waals surface area contributed by atoms with E-state index >= 15 is 0 Å². The van der Waals surface area contributed by atoms with Crippen molar-refractivity contribution < 1.29 is 23.1 Å². The van der Waals surface area contributed by atoms with E-state index in [-0.39, 0.29) is 21.7 Å². The topological polar surface area (TPSA) is 107 Å². The molecule has 0 heterocycles. The molecule has 1 N–H and O–H groups in total. The van der Waals surface area contributed by atoms with Crippen molar-refractivity contribution in [2.24, 2.45) is 0 Å². The van der Waals surface area contributed by atoms with Gasteiger partial charge in [0, 0.05) is 25.3 Å². The van der Waals surface area contributed by atoms with Crippen LogP contribution in [-0.4, -0.2) is 38.7 Å². The SMILES string of the molecule is CN(C)S(=O)(=O)c1cccc(C(=O)Nc2cccc(C(=O)[O-])c2)c1. The molecule has 0 atom stereocenters. The minimum atomic E-state index is -3.66. The first-order valence-electron chi connectivity index (χ1n) is 6.87. The number of aromatic carboxylic acids is 1. The Morgan fingerprint density at radius 2 is 1.62 bits per heavy atom. The summed E-state index contributed by atoms with van der Waals surface area (Å²) in [5.74, 6) is -1.91. The van der Waals surface area contributed by atoms with Crippen LogP contribution in [0.2, 0.25) is 0 Å². The number of rotatable bonds is 5. The highest BCUT2D eigenvalue weighted by Gasteiger charge is 2.18. The van der Waals surface area contributed by atoms with E-state index in [0.29, 0.717) is 0 Å². The molecule has 2 aromatic rings. The Morgan fingerprint density at radius 3 is 2.25 bits per heavy atom. The fraction of sp³-hybridized carbons (Fsp3) is 0.125. The maximum atomic E-state index is 12.3. The van der Waals surface area contributed by atoms with Crippen molar-refractivity contribution in [1.82, 2.24) is 4.31 Å². The molecular weight excluding hydrogens is 332 g/mol. The number of anilines is 1. The van der Waals surface area contributed by atoms with Crippen LogP contribution in [-0.2, 0) is 10.0 Å². The zero-order chi connectivity index (χ0) is 17.9. The second-order valence-electron chi connectivity index (χ2n) is 5.14. The van der Waals surface area contributed by atoms with Gasteiger partial charge in [0.05, 0.1) is 10.9 Å². The standard InChI is InChI=1S/C16H16N2O5S/c1-18(2)24(22,23)14-8-4-5-11(10-14)15(19)17-13-7-3-6-12(9-13)16(20)21/h3-10H,1-2H3,(H,17,19)(H,20,21)/p-1. The molecule has 1 amide bonds. The molecule has 126 valence electrons. The molecule has 7 nitrogen and oxygen atoms in total. The summed E-state index contributed by atoms with van der Waals surface area (Å²) in [6.45, 7) is 0. The molecule has 0 aliphatic carbocycles. The van der Waals surface area contributed by atoms with Crippen molar-refractivity contribution in [3.8, 4) is 0 Å². The lowest BCUT2D eigenvalue weighted by atomic mass is 10.2. The van der Waals surface area contributed by atoms with E-state index < -0.39 is 21.9 Å². The third-order valence-electron chi connectivity index (χ3n) is 3.23. The third kappa shape index (κ3) is 3.79. The Kier molecular flexibility index (Phi) is 5.01. The van der Waals surface area contributed by atoms with Crippen molar-refractivity contribution in [3.05, 3.63) is 59.7 Å². The van der Waals surface area contributed by atoms with E-state index in [1.807, 2.05) is 0 Å². The van der Waals surface area contributed by atoms with Gasteiger partial charge in [-0.25, -0.2) is 12.7 Å². The normalized spacial score (nSPS) is 11.3. The lowest BCUT2D eigenvalue weighted by Crippen LogP contribution is -2.23. The van der Waals surface area contributed by atoms with Crippen LogP contribution in [0, 0.1) is 0 Å². The number of benzene rings is 2. The number of amides is 1. The average molecular weight is 347 g/mol. The summed E-state index contributed by atoms with van der Waals surface area (Å²) < 4.78 is 25.3. The fourth-order valence-corrected chi connectivity index (χ4v) is 2.88. The number of hydrogen-bond donors (Lipinski definition) is 1. The summed E-state index contributed by atoms with van der Waals surface area (Å²) in [6, 6.07) is 11.2. The highest BCUT2D eigenvalue weighted by atomic mass is 32.2. The minimum Gasteiger partial charge on any atom is -0.545 e. The van der Waals surface area contributed by atoms with Crippen LogP contribution in [0.3, 0.4) is 0 Å². The molecule has 8 heteroatoms. The van der Waals surface area contributed by atoms with Crippen molar-refractivity contribution >= 4 is 27.6 Å². The van der Waals surface area contributed by atoms with Crippen molar-refractivity contribution in [2.75, 3.05) is 19.4 Å². The van der Waals surface area contributed by atoms with E-state index in [2.05, 4.69) is 5.32 Å². The molecule has 0 saturated carbocycles. The van der Waals surface area contributed by atoms with Crippen molar-refractivity contribution in [2.45, 2.75) is 4.90 Å². The summed E-state index contributed by atoms with van der Waals surface area (Å²) in [4.78, 5) is 23.1. The van der Waals surface area contributed by atoms with E-state index in [9.17, 15) is 23.1 Å². The Hall–Kier alpha value is -2.71.